The topological polar surface area (TPSA) is 31.5 Å². The molecule has 22 heavy (non-hydrogen) atoms. The van der Waals surface area contributed by atoms with Crippen LogP contribution in [0.15, 0.2) is 60.7 Å². The van der Waals surface area contributed by atoms with E-state index in [0.29, 0.717) is 0 Å². The molecule has 2 aromatic rings. The second kappa shape index (κ2) is 5.74. The van der Waals surface area contributed by atoms with Crippen molar-refractivity contribution in [1.82, 2.24) is 0 Å². The Bertz CT molecular complexity index is 587. The minimum Gasteiger partial charge on any atom is -0.412 e. The molecule has 1 aliphatic heterocycles. The van der Waals surface area contributed by atoms with Crippen molar-refractivity contribution >= 4 is 31.4 Å². The van der Waals surface area contributed by atoms with Crippen molar-refractivity contribution < 1.29 is 5.48 Å². The zero-order chi connectivity index (χ0) is 14.4. The van der Waals surface area contributed by atoms with Crippen LogP contribution in [0.4, 0.5) is 0 Å². The summed E-state index contributed by atoms with van der Waals surface area (Å²) in [6.45, 7) is 0. The number of fused-ring (bicyclic) bond motifs is 2. The first-order valence-corrected chi connectivity index (χ1v) is 12.6. The molecule has 118 valence electrons. The van der Waals surface area contributed by atoms with Crippen LogP contribution in [-0.4, -0.2) is 17.8 Å². The maximum absolute atomic E-state index is 4.47. The third kappa shape index (κ3) is 2.37. The first-order valence-electron chi connectivity index (χ1n) is 8.02. The van der Waals surface area contributed by atoms with Gasteiger partial charge in [0.1, 0.15) is 0 Å². The summed E-state index contributed by atoms with van der Waals surface area (Å²) in [5.74, 6) is 1.84. The summed E-state index contributed by atoms with van der Waals surface area (Å²) in [5, 5.41) is 0.939. The molecule has 2 atom stereocenters. The molecule has 1 aliphatic carbocycles. The average molecular weight is 379 g/mol. The zero-order valence-electron chi connectivity index (χ0n) is 12.8. The van der Waals surface area contributed by atoms with Crippen molar-refractivity contribution in [2.75, 3.05) is 12.3 Å². The van der Waals surface area contributed by atoms with Crippen LogP contribution < -0.4 is 10.6 Å². The molecule has 2 fully saturated rings. The van der Waals surface area contributed by atoms with Gasteiger partial charge in [0.25, 0.3) is 0 Å². The van der Waals surface area contributed by atoms with Crippen molar-refractivity contribution in [3.63, 3.8) is 0 Å². The third-order valence-corrected chi connectivity index (χ3v) is 15.3. The quantitative estimate of drug-likeness (QED) is 0.704. The summed E-state index contributed by atoms with van der Waals surface area (Å²) >= 11 is 4.47. The van der Waals surface area contributed by atoms with Crippen LogP contribution in [0.1, 0.15) is 19.3 Å². The molecule has 1 saturated carbocycles. The Balaban J connectivity index is 0.00000144. The summed E-state index contributed by atoms with van der Waals surface area (Å²) in [7, 11) is 0. The van der Waals surface area contributed by atoms with Gasteiger partial charge in [-0.1, -0.05) is 0 Å². The maximum Gasteiger partial charge on any atom is -0.412 e. The van der Waals surface area contributed by atoms with E-state index in [2.05, 4.69) is 76.2 Å². The molecule has 2 aliphatic rings. The fraction of sp³-hybridized carbons (Fsp3) is 0.368. The molecule has 0 spiro atoms. The molecular weight excluding hydrogens is 355 g/mol. The van der Waals surface area contributed by atoms with Crippen LogP contribution in [0.2, 0.25) is 0 Å². The molecule has 2 unspecified atom stereocenters. The Kier molecular flexibility index (Phi) is 4.22. The van der Waals surface area contributed by atoms with E-state index in [9.17, 15) is 0 Å². The van der Waals surface area contributed by atoms with Crippen molar-refractivity contribution in [2.24, 2.45) is 11.8 Å². The average Bonchev–Trinajstić information content (AvgIpc) is 2.89. The predicted molar refractivity (Wildman–Crippen MR) is 102 cm³/mol. The van der Waals surface area contributed by atoms with Crippen LogP contribution in [0.5, 0.6) is 0 Å². The molecule has 0 aromatic heterocycles. The SMILES string of the molecule is BrP1(c2ccccc2)(c2ccccc2)CC2CCC(C2)C1.O. The number of benzene rings is 2. The third-order valence-electron chi connectivity index (χ3n) is 5.62. The van der Waals surface area contributed by atoms with E-state index in [1.807, 2.05) is 0 Å². The van der Waals surface area contributed by atoms with Crippen molar-refractivity contribution in [3.8, 4) is 0 Å². The minimum atomic E-state index is -2.18. The normalized spacial score (nSPS) is 29.8. The van der Waals surface area contributed by atoms with Gasteiger partial charge in [-0.2, -0.15) is 0 Å². The molecular formula is C19H24BrOP. The summed E-state index contributed by atoms with van der Waals surface area (Å²) in [5.41, 5.74) is 0. The van der Waals surface area contributed by atoms with Gasteiger partial charge < -0.3 is 5.48 Å². The smallest absolute Gasteiger partial charge is 0.412 e. The fourth-order valence-electron chi connectivity index (χ4n) is 4.77. The molecule has 2 aromatic carbocycles. The van der Waals surface area contributed by atoms with Crippen molar-refractivity contribution in [1.29, 1.82) is 0 Å². The number of halogens is 1. The first kappa shape index (κ1) is 16.2. The van der Waals surface area contributed by atoms with Crippen LogP contribution in [0.25, 0.3) is 0 Å². The van der Waals surface area contributed by atoms with Crippen molar-refractivity contribution in [3.05, 3.63) is 60.7 Å². The second-order valence-electron chi connectivity index (χ2n) is 6.96. The number of hydrogen-bond donors (Lipinski definition) is 0. The zero-order valence-corrected chi connectivity index (χ0v) is 15.3. The Hall–Kier alpha value is -0.690. The summed E-state index contributed by atoms with van der Waals surface area (Å²) in [4.78, 5) is 0. The van der Waals surface area contributed by atoms with Crippen LogP contribution in [-0.2, 0) is 0 Å². The van der Waals surface area contributed by atoms with Gasteiger partial charge in [-0.3, -0.25) is 0 Å². The van der Waals surface area contributed by atoms with Crippen molar-refractivity contribution in [2.45, 2.75) is 19.3 Å². The molecule has 0 radical (unpaired) electrons. The Labute approximate surface area is 141 Å². The largest absolute Gasteiger partial charge is 0.412 e. The van der Waals surface area contributed by atoms with Gasteiger partial charge in [-0.05, 0) is 0 Å². The van der Waals surface area contributed by atoms with E-state index in [-0.39, 0.29) is 5.48 Å². The van der Waals surface area contributed by atoms with Gasteiger partial charge in [0.05, 0.1) is 0 Å². The summed E-state index contributed by atoms with van der Waals surface area (Å²) in [6.07, 6.45) is 7.05. The van der Waals surface area contributed by atoms with E-state index in [1.54, 1.807) is 10.6 Å². The Morgan fingerprint density at radius 1 is 0.727 bits per heavy atom. The molecule has 4 rings (SSSR count). The standard InChI is InChI=1S/C19H22BrP.H2O/c20-21(18-7-3-1-4-8-18,19-9-5-2-6-10-19)14-16-11-12-17(13-16)15-21;/h1-10,16-17H,11-15H2;1H2. The van der Waals surface area contributed by atoms with Gasteiger partial charge >= 0.3 is 135 Å². The number of hydrogen-bond acceptors (Lipinski definition) is 0. The van der Waals surface area contributed by atoms with E-state index >= 15 is 0 Å². The van der Waals surface area contributed by atoms with Crippen LogP contribution in [0, 0.1) is 11.8 Å². The van der Waals surface area contributed by atoms with E-state index < -0.39 is 5.31 Å². The monoisotopic (exact) mass is 378 g/mol. The molecule has 0 amide bonds. The maximum atomic E-state index is 4.47. The van der Waals surface area contributed by atoms with E-state index in [4.69, 9.17) is 0 Å². The molecule has 2 N–H and O–H groups in total. The Morgan fingerprint density at radius 3 is 1.55 bits per heavy atom. The van der Waals surface area contributed by atoms with Crippen LogP contribution in [0.3, 0.4) is 0 Å². The first-order chi connectivity index (χ1) is 10.2. The summed E-state index contributed by atoms with van der Waals surface area (Å²) in [6, 6.07) is 22.6. The van der Waals surface area contributed by atoms with Gasteiger partial charge in [-0.15, -0.1) is 0 Å². The van der Waals surface area contributed by atoms with Gasteiger partial charge in [0.15, 0.2) is 0 Å². The molecule has 1 nitrogen and oxygen atoms in total. The van der Waals surface area contributed by atoms with Gasteiger partial charge in [0, 0.05) is 0 Å². The minimum absolute atomic E-state index is 0. The number of rotatable bonds is 2. The van der Waals surface area contributed by atoms with E-state index in [0.717, 1.165) is 11.8 Å². The van der Waals surface area contributed by atoms with Gasteiger partial charge in [-0.25, -0.2) is 0 Å². The van der Waals surface area contributed by atoms with Gasteiger partial charge in [0.2, 0.25) is 0 Å². The van der Waals surface area contributed by atoms with E-state index in [1.165, 1.54) is 31.6 Å². The molecule has 2 bridgehead atoms. The van der Waals surface area contributed by atoms with Crippen LogP contribution >= 0.6 is 20.8 Å². The summed E-state index contributed by atoms with van der Waals surface area (Å²) < 4.78 is 0. The molecule has 3 heteroatoms. The molecule has 1 heterocycles. The Morgan fingerprint density at radius 2 is 1.14 bits per heavy atom. The predicted octanol–water partition coefficient (Wildman–Crippen LogP) is 4.11. The molecule has 1 saturated heterocycles. The fourth-order valence-corrected chi connectivity index (χ4v) is 14.5. The second-order valence-corrected chi connectivity index (χ2v) is 16.6.